The first-order valence-electron chi connectivity index (χ1n) is 9.02. The molecule has 2 aromatic heterocycles. The van der Waals surface area contributed by atoms with Gasteiger partial charge in [-0.05, 0) is 43.7 Å². The third-order valence-electron chi connectivity index (χ3n) is 4.65. The quantitative estimate of drug-likeness (QED) is 0.494. The third-order valence-corrected chi connectivity index (χ3v) is 5.18. The van der Waals surface area contributed by atoms with E-state index in [0.29, 0.717) is 35.8 Å². The fourth-order valence-electron chi connectivity index (χ4n) is 3.04. The predicted octanol–water partition coefficient (Wildman–Crippen LogP) is 4.00. The van der Waals surface area contributed by atoms with E-state index in [-0.39, 0.29) is 5.56 Å². The Balaban J connectivity index is 1.60. The van der Waals surface area contributed by atoms with Crippen molar-refractivity contribution >= 4 is 27.4 Å². The maximum Gasteiger partial charge on any atom is 0.277 e. The summed E-state index contributed by atoms with van der Waals surface area (Å²) in [6, 6.07) is 16.1. The summed E-state index contributed by atoms with van der Waals surface area (Å²) in [5, 5.41) is 6.35. The van der Waals surface area contributed by atoms with Gasteiger partial charge < -0.3 is 5.32 Å². The Hall–Kier alpha value is -2.93. The molecule has 0 saturated heterocycles. The van der Waals surface area contributed by atoms with Crippen LogP contribution in [0.4, 0.5) is 5.69 Å². The number of rotatable bonds is 5. The Bertz CT molecular complexity index is 1180. The Labute approximate surface area is 170 Å². The molecule has 0 bridgehead atoms. The van der Waals surface area contributed by atoms with E-state index in [2.05, 4.69) is 48.4 Å². The van der Waals surface area contributed by atoms with E-state index in [9.17, 15) is 4.79 Å². The van der Waals surface area contributed by atoms with Crippen LogP contribution in [-0.2, 0) is 13.0 Å². The molecule has 0 saturated carbocycles. The second-order valence-corrected chi connectivity index (χ2v) is 7.73. The van der Waals surface area contributed by atoms with E-state index in [1.54, 1.807) is 0 Å². The number of nitrogens with one attached hydrogen (secondary N) is 2. The molecule has 7 heteroatoms. The Morgan fingerprint density at radius 1 is 1.04 bits per heavy atom. The lowest BCUT2D eigenvalue weighted by Crippen LogP contribution is -2.22. The van der Waals surface area contributed by atoms with Gasteiger partial charge in [0.25, 0.3) is 11.3 Å². The summed E-state index contributed by atoms with van der Waals surface area (Å²) in [6.07, 6.45) is 0.548. The number of anilines is 1. The molecule has 6 nitrogen and oxygen atoms in total. The van der Waals surface area contributed by atoms with Crippen molar-refractivity contribution < 1.29 is 0 Å². The number of fused-ring (bicyclic) bond motifs is 1. The van der Waals surface area contributed by atoms with Crippen LogP contribution in [0.1, 0.15) is 28.2 Å². The summed E-state index contributed by atoms with van der Waals surface area (Å²) >= 11 is 3.42. The number of aryl methyl sites for hydroxylation is 2. The number of aromatic amines is 1. The van der Waals surface area contributed by atoms with E-state index in [1.165, 1.54) is 10.1 Å². The molecule has 4 aromatic rings. The van der Waals surface area contributed by atoms with Gasteiger partial charge in [0.05, 0.1) is 12.2 Å². The van der Waals surface area contributed by atoms with Crippen molar-refractivity contribution in [2.45, 2.75) is 26.8 Å². The van der Waals surface area contributed by atoms with Crippen LogP contribution < -0.4 is 10.9 Å². The minimum atomic E-state index is -0.106. The van der Waals surface area contributed by atoms with Crippen LogP contribution in [-0.4, -0.2) is 19.6 Å². The zero-order chi connectivity index (χ0) is 19.7. The molecule has 2 heterocycles. The van der Waals surface area contributed by atoms with Gasteiger partial charge in [-0.3, -0.25) is 9.89 Å². The molecule has 0 atom stereocenters. The molecule has 4 rings (SSSR count). The van der Waals surface area contributed by atoms with Crippen LogP contribution in [0.2, 0.25) is 0 Å². The lowest BCUT2D eigenvalue weighted by Gasteiger charge is -2.05. The van der Waals surface area contributed by atoms with Crippen LogP contribution >= 0.6 is 15.9 Å². The molecule has 0 unspecified atom stereocenters. The summed E-state index contributed by atoms with van der Waals surface area (Å²) in [6.45, 7) is 4.38. The zero-order valence-corrected chi connectivity index (χ0v) is 17.2. The topological polar surface area (TPSA) is 75.1 Å². The van der Waals surface area contributed by atoms with Crippen molar-refractivity contribution in [3.8, 4) is 0 Å². The van der Waals surface area contributed by atoms with Crippen LogP contribution in [0.15, 0.2) is 57.8 Å². The van der Waals surface area contributed by atoms with E-state index in [1.807, 2.05) is 50.2 Å². The van der Waals surface area contributed by atoms with Gasteiger partial charge in [-0.15, -0.1) is 0 Å². The predicted molar refractivity (Wildman–Crippen MR) is 114 cm³/mol. The number of halogens is 1. The second kappa shape index (κ2) is 7.59. The monoisotopic (exact) mass is 437 g/mol. The van der Waals surface area contributed by atoms with Crippen molar-refractivity contribution in [2.24, 2.45) is 0 Å². The van der Waals surface area contributed by atoms with E-state index < -0.39 is 0 Å². The molecule has 0 radical (unpaired) electrons. The molecule has 2 N–H and O–H groups in total. The SMILES string of the molecule is Cc1ccc(Cc2c(C)nc3nc(CNc4ccc(Br)cc4)[nH]n3c2=O)cc1. The third kappa shape index (κ3) is 3.84. The number of aromatic nitrogens is 4. The fraction of sp³-hybridized carbons (Fsp3) is 0.190. The van der Waals surface area contributed by atoms with Crippen molar-refractivity contribution in [3.05, 3.63) is 91.6 Å². The van der Waals surface area contributed by atoms with Crippen LogP contribution in [0.25, 0.3) is 5.78 Å². The number of nitrogens with zero attached hydrogens (tertiary/aromatic N) is 3. The van der Waals surface area contributed by atoms with Crippen molar-refractivity contribution in [3.63, 3.8) is 0 Å². The van der Waals surface area contributed by atoms with E-state index in [4.69, 9.17) is 0 Å². The molecule has 28 heavy (non-hydrogen) atoms. The maximum absolute atomic E-state index is 13.0. The molecule has 0 spiro atoms. The summed E-state index contributed by atoms with van der Waals surface area (Å²) in [5.41, 5.74) is 4.54. The van der Waals surface area contributed by atoms with Crippen molar-refractivity contribution in [2.75, 3.05) is 5.32 Å². The largest absolute Gasteiger partial charge is 0.378 e. The molecule has 0 aliphatic rings. The van der Waals surface area contributed by atoms with Gasteiger partial charge in [0.1, 0.15) is 5.82 Å². The molecule has 0 aliphatic carbocycles. The van der Waals surface area contributed by atoms with Gasteiger partial charge >= 0.3 is 0 Å². The minimum absolute atomic E-state index is 0.106. The summed E-state index contributed by atoms with van der Waals surface area (Å²) in [7, 11) is 0. The van der Waals surface area contributed by atoms with Gasteiger partial charge in [-0.1, -0.05) is 45.8 Å². The first kappa shape index (κ1) is 18.4. The average molecular weight is 438 g/mol. The van der Waals surface area contributed by atoms with Gasteiger partial charge in [0.2, 0.25) is 0 Å². The maximum atomic E-state index is 13.0. The number of hydrogen-bond donors (Lipinski definition) is 2. The van der Waals surface area contributed by atoms with Gasteiger partial charge in [0.15, 0.2) is 0 Å². The number of H-pyrrole nitrogens is 1. The number of hydrogen-bond acceptors (Lipinski definition) is 4. The Kier molecular flexibility index (Phi) is 5.00. The molecule has 0 amide bonds. The highest BCUT2D eigenvalue weighted by molar-refractivity contribution is 9.10. The van der Waals surface area contributed by atoms with Gasteiger partial charge in [-0.25, -0.2) is 4.98 Å². The van der Waals surface area contributed by atoms with Crippen LogP contribution in [0.3, 0.4) is 0 Å². The van der Waals surface area contributed by atoms with Gasteiger partial charge in [0, 0.05) is 22.1 Å². The van der Waals surface area contributed by atoms with E-state index >= 15 is 0 Å². The smallest absolute Gasteiger partial charge is 0.277 e. The summed E-state index contributed by atoms with van der Waals surface area (Å²) < 4.78 is 2.45. The van der Waals surface area contributed by atoms with Crippen molar-refractivity contribution in [1.29, 1.82) is 0 Å². The van der Waals surface area contributed by atoms with Crippen molar-refractivity contribution in [1.82, 2.24) is 19.6 Å². The number of benzene rings is 2. The standard InChI is InChI=1S/C21H20BrN5O/c1-13-3-5-15(6-4-13)11-18-14(2)24-21-25-19(26-27(21)20(18)28)12-23-17-9-7-16(22)8-10-17/h3-10,23H,11-12H2,1-2H3,(H,24,25,26). The second-order valence-electron chi connectivity index (χ2n) is 6.81. The normalized spacial score (nSPS) is 11.1. The Morgan fingerprint density at radius 3 is 2.46 bits per heavy atom. The lowest BCUT2D eigenvalue weighted by molar-refractivity contribution is 0.832. The highest BCUT2D eigenvalue weighted by Gasteiger charge is 2.14. The minimum Gasteiger partial charge on any atom is -0.378 e. The highest BCUT2D eigenvalue weighted by Crippen LogP contribution is 2.15. The molecular formula is C21H20BrN5O. The zero-order valence-electron chi connectivity index (χ0n) is 15.7. The molecular weight excluding hydrogens is 418 g/mol. The first-order chi connectivity index (χ1) is 13.5. The van der Waals surface area contributed by atoms with E-state index in [0.717, 1.165) is 15.7 Å². The fourth-order valence-corrected chi connectivity index (χ4v) is 3.31. The highest BCUT2D eigenvalue weighted by atomic mass is 79.9. The molecule has 2 aromatic carbocycles. The molecule has 0 aliphatic heterocycles. The molecule has 0 fully saturated rings. The molecule has 142 valence electrons. The average Bonchev–Trinajstić information content (AvgIpc) is 3.09. The summed E-state index contributed by atoms with van der Waals surface area (Å²) in [4.78, 5) is 21.9. The summed E-state index contributed by atoms with van der Waals surface area (Å²) in [5.74, 6) is 1.04. The first-order valence-corrected chi connectivity index (χ1v) is 9.81. The lowest BCUT2D eigenvalue weighted by atomic mass is 10.0. The van der Waals surface area contributed by atoms with Crippen LogP contribution in [0.5, 0.6) is 0 Å². The van der Waals surface area contributed by atoms with Crippen LogP contribution in [0, 0.1) is 13.8 Å². The Morgan fingerprint density at radius 2 is 1.75 bits per heavy atom. The van der Waals surface area contributed by atoms with Gasteiger partial charge in [-0.2, -0.15) is 9.50 Å².